The van der Waals surface area contributed by atoms with Crippen LogP contribution in [0.25, 0.3) is 0 Å². The van der Waals surface area contributed by atoms with Crippen LogP contribution < -0.4 is 5.43 Å². The normalized spacial score (nSPS) is 10.8. The molecule has 18 heavy (non-hydrogen) atoms. The number of benzene rings is 2. The van der Waals surface area contributed by atoms with Gasteiger partial charge in [0, 0.05) is 5.56 Å². The molecule has 2 aromatic rings. The quantitative estimate of drug-likeness (QED) is 0.647. The molecular weight excluding hydrogens is 274 g/mol. The summed E-state index contributed by atoms with van der Waals surface area (Å²) in [5.74, 6) is -0.293. The van der Waals surface area contributed by atoms with E-state index in [1.807, 2.05) is 0 Å². The van der Waals surface area contributed by atoms with E-state index in [1.54, 1.807) is 30.3 Å². The van der Waals surface area contributed by atoms with E-state index in [2.05, 4.69) is 10.5 Å². The van der Waals surface area contributed by atoms with Gasteiger partial charge in [0.15, 0.2) is 0 Å². The number of halogens is 3. The second kappa shape index (κ2) is 5.85. The number of rotatable bonds is 3. The monoisotopic (exact) mass is 282 g/mol. The van der Waals surface area contributed by atoms with Gasteiger partial charge in [0.1, 0.15) is 5.82 Å². The maximum Gasteiger partial charge on any atom is 0.123 e. The van der Waals surface area contributed by atoms with Crippen molar-refractivity contribution < 1.29 is 4.39 Å². The van der Waals surface area contributed by atoms with Gasteiger partial charge in [-0.3, -0.25) is 5.43 Å². The van der Waals surface area contributed by atoms with Crippen LogP contribution in [0.4, 0.5) is 10.1 Å². The lowest BCUT2D eigenvalue weighted by molar-refractivity contribution is 0.628. The average molecular weight is 283 g/mol. The highest BCUT2D eigenvalue weighted by Crippen LogP contribution is 2.22. The van der Waals surface area contributed by atoms with Gasteiger partial charge >= 0.3 is 0 Å². The van der Waals surface area contributed by atoms with E-state index in [1.165, 1.54) is 18.3 Å². The molecule has 0 unspecified atom stereocenters. The summed E-state index contributed by atoms with van der Waals surface area (Å²) in [6.45, 7) is 0. The van der Waals surface area contributed by atoms with E-state index in [9.17, 15) is 4.39 Å². The third kappa shape index (κ3) is 3.22. The van der Waals surface area contributed by atoms with Crippen molar-refractivity contribution in [3.63, 3.8) is 0 Å². The van der Waals surface area contributed by atoms with Gasteiger partial charge < -0.3 is 0 Å². The molecule has 0 aliphatic carbocycles. The minimum Gasteiger partial charge on any atom is -0.278 e. The van der Waals surface area contributed by atoms with Crippen LogP contribution in [0.3, 0.4) is 0 Å². The molecule has 0 heterocycles. The first-order valence-electron chi connectivity index (χ1n) is 5.15. The van der Waals surface area contributed by atoms with E-state index in [0.29, 0.717) is 21.3 Å². The van der Waals surface area contributed by atoms with E-state index in [0.717, 1.165) is 0 Å². The molecule has 0 saturated heterocycles. The van der Waals surface area contributed by atoms with Crippen molar-refractivity contribution in [3.05, 3.63) is 63.9 Å². The van der Waals surface area contributed by atoms with Crippen molar-refractivity contribution in [2.45, 2.75) is 0 Å². The van der Waals surface area contributed by atoms with Crippen molar-refractivity contribution >= 4 is 35.1 Å². The summed E-state index contributed by atoms with van der Waals surface area (Å²) < 4.78 is 12.7. The molecule has 0 amide bonds. The topological polar surface area (TPSA) is 24.4 Å². The number of hydrogen-bond donors (Lipinski definition) is 1. The standard InChI is InChI=1S/C13H9Cl2FN2/c14-12-2-1-3-13(15)11(12)8-17-18-10-6-4-9(16)5-7-10/h1-8,18H/b17-8-. The largest absolute Gasteiger partial charge is 0.278 e. The van der Waals surface area contributed by atoms with Crippen LogP contribution in [0.5, 0.6) is 0 Å². The lowest BCUT2D eigenvalue weighted by atomic mass is 10.2. The minimum atomic E-state index is -0.293. The lowest BCUT2D eigenvalue weighted by Gasteiger charge is -2.02. The Morgan fingerprint density at radius 1 is 1.00 bits per heavy atom. The fraction of sp³-hybridized carbons (Fsp3) is 0. The van der Waals surface area contributed by atoms with Crippen molar-refractivity contribution in [2.24, 2.45) is 5.10 Å². The third-order valence-electron chi connectivity index (χ3n) is 2.23. The van der Waals surface area contributed by atoms with Crippen LogP contribution in [0.15, 0.2) is 47.6 Å². The summed E-state index contributed by atoms with van der Waals surface area (Å²) in [5, 5.41) is 5.04. The Bertz CT molecular complexity index is 547. The summed E-state index contributed by atoms with van der Waals surface area (Å²) >= 11 is 12.0. The first-order valence-corrected chi connectivity index (χ1v) is 5.91. The van der Waals surface area contributed by atoms with E-state index < -0.39 is 0 Å². The zero-order chi connectivity index (χ0) is 13.0. The number of hydrazone groups is 1. The highest BCUT2D eigenvalue weighted by atomic mass is 35.5. The number of nitrogens with one attached hydrogen (secondary N) is 1. The first-order chi connectivity index (χ1) is 8.66. The summed E-state index contributed by atoms with van der Waals surface area (Å²) in [7, 11) is 0. The van der Waals surface area contributed by atoms with E-state index >= 15 is 0 Å². The highest BCUT2D eigenvalue weighted by molar-refractivity contribution is 6.38. The molecule has 0 aliphatic rings. The Balaban J connectivity index is 2.10. The van der Waals surface area contributed by atoms with E-state index in [-0.39, 0.29) is 5.82 Å². The third-order valence-corrected chi connectivity index (χ3v) is 2.89. The Hall–Kier alpha value is -1.58. The van der Waals surface area contributed by atoms with Crippen molar-refractivity contribution in [1.82, 2.24) is 0 Å². The smallest absolute Gasteiger partial charge is 0.123 e. The van der Waals surface area contributed by atoms with Crippen molar-refractivity contribution in [3.8, 4) is 0 Å². The van der Waals surface area contributed by atoms with Crippen LogP contribution in [0.1, 0.15) is 5.56 Å². The maximum atomic E-state index is 12.7. The van der Waals surface area contributed by atoms with Crippen molar-refractivity contribution in [2.75, 3.05) is 5.43 Å². The van der Waals surface area contributed by atoms with Gasteiger partial charge in [-0.05, 0) is 36.4 Å². The molecular formula is C13H9Cl2FN2. The average Bonchev–Trinajstić information content (AvgIpc) is 2.35. The van der Waals surface area contributed by atoms with Crippen LogP contribution in [-0.4, -0.2) is 6.21 Å². The fourth-order valence-electron chi connectivity index (χ4n) is 1.33. The SMILES string of the molecule is Fc1ccc(N/N=C\c2c(Cl)cccc2Cl)cc1. The molecule has 0 saturated carbocycles. The summed E-state index contributed by atoms with van der Waals surface area (Å²) in [6.07, 6.45) is 1.52. The van der Waals surface area contributed by atoms with Crippen LogP contribution >= 0.6 is 23.2 Å². The summed E-state index contributed by atoms with van der Waals surface area (Å²) in [6, 6.07) is 11.1. The predicted molar refractivity (Wildman–Crippen MR) is 74.1 cm³/mol. The number of anilines is 1. The Kier molecular flexibility index (Phi) is 4.18. The zero-order valence-corrected chi connectivity index (χ0v) is 10.7. The Morgan fingerprint density at radius 2 is 1.61 bits per heavy atom. The second-order valence-corrected chi connectivity index (χ2v) is 4.33. The molecule has 0 atom stereocenters. The van der Waals surface area contributed by atoms with Gasteiger partial charge in [0.25, 0.3) is 0 Å². The number of nitrogens with zero attached hydrogens (tertiary/aromatic N) is 1. The molecule has 2 rings (SSSR count). The van der Waals surface area contributed by atoms with Crippen molar-refractivity contribution in [1.29, 1.82) is 0 Å². The molecule has 2 aromatic carbocycles. The first kappa shape index (κ1) is 12.9. The molecule has 5 heteroatoms. The summed E-state index contributed by atoms with van der Waals surface area (Å²) in [4.78, 5) is 0. The van der Waals surface area contributed by atoms with Gasteiger partial charge in [-0.15, -0.1) is 0 Å². The Labute approximate surface area is 114 Å². The molecule has 0 spiro atoms. The molecule has 0 fully saturated rings. The van der Waals surface area contributed by atoms with E-state index in [4.69, 9.17) is 23.2 Å². The molecule has 0 aliphatic heterocycles. The molecule has 0 bridgehead atoms. The molecule has 0 radical (unpaired) electrons. The minimum absolute atomic E-state index is 0.293. The highest BCUT2D eigenvalue weighted by Gasteiger charge is 2.01. The van der Waals surface area contributed by atoms with Crippen LogP contribution in [-0.2, 0) is 0 Å². The lowest BCUT2D eigenvalue weighted by Crippen LogP contribution is -1.92. The molecule has 1 N–H and O–H groups in total. The van der Waals surface area contributed by atoms with Gasteiger partial charge in [-0.25, -0.2) is 4.39 Å². The van der Waals surface area contributed by atoms with Crippen LogP contribution in [0, 0.1) is 5.82 Å². The molecule has 2 nitrogen and oxygen atoms in total. The molecule has 0 aromatic heterocycles. The zero-order valence-electron chi connectivity index (χ0n) is 9.20. The van der Waals surface area contributed by atoms with Gasteiger partial charge in [0.2, 0.25) is 0 Å². The van der Waals surface area contributed by atoms with Crippen LogP contribution in [0.2, 0.25) is 10.0 Å². The van der Waals surface area contributed by atoms with Gasteiger partial charge in [-0.2, -0.15) is 5.10 Å². The predicted octanol–water partition coefficient (Wildman–Crippen LogP) is 4.58. The van der Waals surface area contributed by atoms with Gasteiger partial charge in [0.05, 0.1) is 21.9 Å². The Morgan fingerprint density at radius 3 is 2.22 bits per heavy atom. The molecule has 92 valence electrons. The fourth-order valence-corrected chi connectivity index (χ4v) is 1.82. The second-order valence-electron chi connectivity index (χ2n) is 3.51. The van der Waals surface area contributed by atoms with Gasteiger partial charge in [-0.1, -0.05) is 29.3 Å². The summed E-state index contributed by atoms with van der Waals surface area (Å²) in [5.41, 5.74) is 4.07. The number of hydrogen-bond acceptors (Lipinski definition) is 2. The maximum absolute atomic E-state index is 12.7.